The van der Waals surface area contributed by atoms with Crippen LogP contribution in [0.4, 0.5) is 10.5 Å². The Morgan fingerprint density at radius 3 is 3.12 bits per heavy atom. The van der Waals surface area contributed by atoms with Crippen molar-refractivity contribution in [1.29, 1.82) is 0 Å². The number of amides is 2. The summed E-state index contributed by atoms with van der Waals surface area (Å²) in [5, 5.41) is 6.83. The molecule has 2 amide bonds. The van der Waals surface area contributed by atoms with Crippen molar-refractivity contribution in [3.8, 4) is 0 Å². The summed E-state index contributed by atoms with van der Waals surface area (Å²) in [6.07, 6.45) is 2.96. The van der Waals surface area contributed by atoms with E-state index in [-0.39, 0.29) is 12.1 Å². The SMILES string of the molecule is Cc1nc2c(s1)CCCC2NC(=O)Nc1ccc2c(c1)oc(=O)n2C. The summed E-state index contributed by atoms with van der Waals surface area (Å²) in [4.78, 5) is 29.7. The maximum absolute atomic E-state index is 12.4. The summed E-state index contributed by atoms with van der Waals surface area (Å²) in [7, 11) is 1.64. The van der Waals surface area contributed by atoms with Gasteiger partial charge in [-0.25, -0.2) is 14.6 Å². The molecule has 2 heterocycles. The van der Waals surface area contributed by atoms with Crippen molar-refractivity contribution in [3.63, 3.8) is 0 Å². The van der Waals surface area contributed by atoms with Crippen LogP contribution in [-0.2, 0) is 13.5 Å². The second-order valence-electron chi connectivity index (χ2n) is 6.19. The average molecular weight is 358 g/mol. The molecular weight excluding hydrogens is 340 g/mol. The molecule has 1 unspecified atom stereocenters. The maximum atomic E-state index is 12.4. The summed E-state index contributed by atoms with van der Waals surface area (Å²) >= 11 is 1.70. The normalized spacial score (nSPS) is 16.6. The van der Waals surface area contributed by atoms with Gasteiger partial charge in [0.15, 0.2) is 5.58 Å². The molecule has 0 fully saturated rings. The summed E-state index contributed by atoms with van der Waals surface area (Å²) in [5.41, 5.74) is 2.70. The van der Waals surface area contributed by atoms with Crippen molar-refractivity contribution >= 4 is 34.2 Å². The lowest BCUT2D eigenvalue weighted by Crippen LogP contribution is -2.34. The van der Waals surface area contributed by atoms with Gasteiger partial charge < -0.3 is 15.1 Å². The number of carbonyl (C=O) groups excluding carboxylic acids is 1. The standard InChI is InChI=1S/C17H18N4O3S/c1-9-18-15-11(4-3-5-14(15)25-9)20-16(22)19-10-6-7-12-13(8-10)24-17(23)21(12)2/h6-8,11H,3-5H2,1-2H3,(H2,19,20,22). The number of anilines is 1. The van der Waals surface area contributed by atoms with Gasteiger partial charge in [-0.2, -0.15) is 0 Å². The number of aryl methyl sites for hydroxylation is 3. The number of hydrogen-bond acceptors (Lipinski definition) is 5. The third kappa shape index (κ3) is 2.93. The van der Waals surface area contributed by atoms with E-state index in [1.165, 1.54) is 9.44 Å². The predicted octanol–water partition coefficient (Wildman–Crippen LogP) is 3.10. The molecular formula is C17H18N4O3S. The summed E-state index contributed by atoms with van der Waals surface area (Å²) < 4.78 is 6.57. The number of fused-ring (bicyclic) bond motifs is 2. The van der Waals surface area contributed by atoms with Gasteiger partial charge in [-0.1, -0.05) is 0 Å². The Morgan fingerprint density at radius 1 is 1.44 bits per heavy atom. The van der Waals surface area contributed by atoms with Gasteiger partial charge in [-0.3, -0.25) is 4.57 Å². The van der Waals surface area contributed by atoms with Crippen molar-refractivity contribution < 1.29 is 9.21 Å². The zero-order valence-corrected chi connectivity index (χ0v) is 14.8. The minimum Gasteiger partial charge on any atom is -0.408 e. The fraction of sp³-hybridized carbons (Fsp3) is 0.353. The molecule has 0 aliphatic heterocycles. The molecule has 4 rings (SSSR count). The predicted molar refractivity (Wildman–Crippen MR) is 96.1 cm³/mol. The number of aromatic nitrogens is 2. The third-order valence-corrected chi connectivity index (χ3v) is 5.46. The second-order valence-corrected chi connectivity index (χ2v) is 7.48. The molecule has 130 valence electrons. The zero-order chi connectivity index (χ0) is 17.6. The minimum absolute atomic E-state index is 0.0629. The molecule has 8 heteroatoms. The van der Waals surface area contributed by atoms with Gasteiger partial charge in [0, 0.05) is 23.7 Å². The number of urea groups is 1. The van der Waals surface area contributed by atoms with Crippen LogP contribution in [0.25, 0.3) is 11.1 Å². The van der Waals surface area contributed by atoms with Gasteiger partial charge in [0.1, 0.15) is 0 Å². The van der Waals surface area contributed by atoms with Gasteiger partial charge in [0.25, 0.3) is 0 Å². The van der Waals surface area contributed by atoms with Crippen LogP contribution in [0.3, 0.4) is 0 Å². The van der Waals surface area contributed by atoms with Crippen molar-refractivity contribution in [2.24, 2.45) is 7.05 Å². The molecule has 1 aliphatic rings. The van der Waals surface area contributed by atoms with Crippen LogP contribution in [0, 0.1) is 6.92 Å². The Bertz CT molecular complexity index is 1020. The van der Waals surface area contributed by atoms with E-state index in [9.17, 15) is 9.59 Å². The lowest BCUT2D eigenvalue weighted by atomic mass is 9.98. The fourth-order valence-corrected chi connectivity index (χ4v) is 4.26. The van der Waals surface area contributed by atoms with Gasteiger partial charge in [-0.15, -0.1) is 11.3 Å². The minimum atomic E-state index is -0.426. The summed E-state index contributed by atoms with van der Waals surface area (Å²) in [6.45, 7) is 1.99. The highest BCUT2D eigenvalue weighted by Crippen LogP contribution is 2.33. The van der Waals surface area contributed by atoms with E-state index in [0.717, 1.165) is 30.0 Å². The number of carbonyl (C=O) groups is 1. The highest BCUT2D eigenvalue weighted by Gasteiger charge is 2.25. The highest BCUT2D eigenvalue weighted by molar-refractivity contribution is 7.11. The molecule has 7 nitrogen and oxygen atoms in total. The number of thiazole rings is 1. The van der Waals surface area contributed by atoms with E-state index in [2.05, 4.69) is 15.6 Å². The summed E-state index contributed by atoms with van der Waals surface area (Å²) in [5.74, 6) is -0.426. The van der Waals surface area contributed by atoms with Crippen molar-refractivity contribution in [2.75, 3.05) is 5.32 Å². The molecule has 25 heavy (non-hydrogen) atoms. The van der Waals surface area contributed by atoms with Crippen LogP contribution >= 0.6 is 11.3 Å². The van der Waals surface area contributed by atoms with Crippen molar-refractivity contribution in [2.45, 2.75) is 32.2 Å². The first kappa shape index (κ1) is 15.9. The quantitative estimate of drug-likeness (QED) is 0.737. The Balaban J connectivity index is 1.50. The van der Waals surface area contributed by atoms with E-state index < -0.39 is 5.76 Å². The molecule has 2 aromatic heterocycles. The van der Waals surface area contributed by atoms with Crippen molar-refractivity contribution in [1.82, 2.24) is 14.9 Å². The molecule has 0 bridgehead atoms. The maximum Gasteiger partial charge on any atom is 0.419 e. The molecule has 3 aromatic rings. The molecule has 2 N–H and O–H groups in total. The Morgan fingerprint density at radius 2 is 2.28 bits per heavy atom. The molecule has 0 spiro atoms. The van der Waals surface area contributed by atoms with Gasteiger partial charge in [0.2, 0.25) is 0 Å². The van der Waals surface area contributed by atoms with E-state index in [0.29, 0.717) is 16.8 Å². The highest BCUT2D eigenvalue weighted by atomic mass is 32.1. The molecule has 1 aromatic carbocycles. The van der Waals surface area contributed by atoms with Gasteiger partial charge >= 0.3 is 11.8 Å². The lowest BCUT2D eigenvalue weighted by Gasteiger charge is -2.22. The number of hydrogen-bond donors (Lipinski definition) is 2. The largest absolute Gasteiger partial charge is 0.419 e. The Kier molecular flexibility index (Phi) is 3.84. The van der Waals surface area contributed by atoms with E-state index >= 15 is 0 Å². The van der Waals surface area contributed by atoms with E-state index in [1.807, 2.05) is 6.92 Å². The Hall–Kier alpha value is -2.61. The van der Waals surface area contributed by atoms with E-state index in [1.54, 1.807) is 36.6 Å². The second kappa shape index (κ2) is 6.03. The van der Waals surface area contributed by atoms with Crippen LogP contribution in [0.2, 0.25) is 0 Å². The van der Waals surface area contributed by atoms with Crippen LogP contribution in [0.1, 0.15) is 34.5 Å². The Labute approximate surface area is 147 Å². The number of nitrogens with one attached hydrogen (secondary N) is 2. The van der Waals surface area contributed by atoms with Gasteiger partial charge in [0.05, 0.1) is 22.3 Å². The van der Waals surface area contributed by atoms with Crippen LogP contribution < -0.4 is 16.4 Å². The number of rotatable bonds is 2. The molecule has 0 saturated heterocycles. The molecule has 0 radical (unpaired) electrons. The van der Waals surface area contributed by atoms with Crippen LogP contribution in [-0.4, -0.2) is 15.6 Å². The lowest BCUT2D eigenvalue weighted by molar-refractivity contribution is 0.247. The first-order valence-electron chi connectivity index (χ1n) is 8.14. The van der Waals surface area contributed by atoms with Crippen LogP contribution in [0.15, 0.2) is 27.4 Å². The van der Waals surface area contributed by atoms with Gasteiger partial charge in [-0.05, 0) is 38.3 Å². The first-order chi connectivity index (χ1) is 12.0. The molecule has 1 aliphatic carbocycles. The van der Waals surface area contributed by atoms with Crippen molar-refractivity contribution in [3.05, 3.63) is 44.3 Å². The molecule has 0 saturated carbocycles. The number of benzene rings is 1. The topological polar surface area (TPSA) is 89.2 Å². The number of nitrogens with zero attached hydrogens (tertiary/aromatic N) is 2. The average Bonchev–Trinajstić information content (AvgIpc) is 3.07. The molecule has 1 atom stereocenters. The van der Waals surface area contributed by atoms with Crippen LogP contribution in [0.5, 0.6) is 0 Å². The smallest absolute Gasteiger partial charge is 0.408 e. The third-order valence-electron chi connectivity index (χ3n) is 4.42. The number of oxazole rings is 1. The fourth-order valence-electron chi connectivity index (χ4n) is 3.22. The first-order valence-corrected chi connectivity index (χ1v) is 8.96. The monoisotopic (exact) mass is 358 g/mol. The van der Waals surface area contributed by atoms with E-state index in [4.69, 9.17) is 4.42 Å². The zero-order valence-electron chi connectivity index (χ0n) is 14.0. The summed E-state index contributed by atoms with van der Waals surface area (Å²) in [6, 6.07) is 4.79.